The highest BCUT2D eigenvalue weighted by molar-refractivity contribution is 7.99. The first-order chi connectivity index (χ1) is 8.25. The van der Waals surface area contributed by atoms with Crippen LogP contribution in [0.3, 0.4) is 0 Å². The lowest BCUT2D eigenvalue weighted by Crippen LogP contribution is -2.03. The minimum atomic E-state index is -0.0997. The molecule has 0 saturated carbocycles. The van der Waals surface area contributed by atoms with E-state index in [9.17, 15) is 4.79 Å². The maximum absolute atomic E-state index is 12.2. The molecule has 0 atom stereocenters. The number of hydrogen-bond acceptors (Lipinski definition) is 4. The Morgan fingerprint density at radius 2 is 2.12 bits per heavy atom. The summed E-state index contributed by atoms with van der Waals surface area (Å²) in [5.41, 5.74) is 1.03. The number of aromatic nitrogens is 3. The molecular formula is C11H8ClN3OS. The van der Waals surface area contributed by atoms with Gasteiger partial charge < -0.3 is 0 Å². The van der Waals surface area contributed by atoms with Crippen molar-refractivity contribution in [1.29, 1.82) is 0 Å². The van der Waals surface area contributed by atoms with Gasteiger partial charge in [0.05, 0.1) is 6.54 Å². The third-order valence-electron chi connectivity index (χ3n) is 2.55. The monoisotopic (exact) mass is 265 g/mol. The fourth-order valence-electron chi connectivity index (χ4n) is 1.70. The van der Waals surface area contributed by atoms with Crippen LogP contribution in [0.2, 0.25) is 5.02 Å². The quantitative estimate of drug-likeness (QED) is 0.782. The number of carbonyl (C=O) groups is 1. The molecule has 0 N–H and O–H groups in total. The Morgan fingerprint density at radius 1 is 1.35 bits per heavy atom. The first-order valence-electron chi connectivity index (χ1n) is 5.12. The molecule has 0 aliphatic carbocycles. The van der Waals surface area contributed by atoms with E-state index >= 15 is 0 Å². The molecule has 0 unspecified atom stereocenters. The molecule has 1 aliphatic heterocycles. The Hall–Kier alpha value is -1.33. The van der Waals surface area contributed by atoms with Gasteiger partial charge in [-0.1, -0.05) is 16.8 Å². The lowest BCUT2D eigenvalue weighted by molar-refractivity contribution is 0.103. The number of aryl methyl sites for hydroxylation is 1. The molecule has 2 aromatic rings. The number of rotatable bonds is 2. The molecule has 3 rings (SSSR count). The second-order valence-electron chi connectivity index (χ2n) is 3.65. The normalized spacial score (nSPS) is 13.7. The lowest BCUT2D eigenvalue weighted by atomic mass is 10.1. The van der Waals surface area contributed by atoms with Crippen LogP contribution in [0, 0.1) is 0 Å². The van der Waals surface area contributed by atoms with Crippen LogP contribution in [0.15, 0.2) is 29.3 Å². The zero-order chi connectivity index (χ0) is 11.8. The zero-order valence-electron chi connectivity index (χ0n) is 8.76. The molecule has 0 radical (unpaired) electrons. The molecule has 4 nitrogen and oxygen atoms in total. The highest BCUT2D eigenvalue weighted by Gasteiger charge is 2.24. The Bertz CT molecular complexity index is 579. The van der Waals surface area contributed by atoms with Gasteiger partial charge in [-0.3, -0.25) is 4.79 Å². The number of nitrogens with zero attached hydrogens (tertiary/aromatic N) is 3. The third-order valence-corrected chi connectivity index (χ3v) is 3.87. The summed E-state index contributed by atoms with van der Waals surface area (Å²) in [5.74, 6) is 0.850. The van der Waals surface area contributed by atoms with Crippen molar-refractivity contribution in [3.05, 3.63) is 40.5 Å². The van der Waals surface area contributed by atoms with E-state index in [-0.39, 0.29) is 5.78 Å². The number of fused-ring (bicyclic) bond motifs is 1. The summed E-state index contributed by atoms with van der Waals surface area (Å²) < 4.78 is 1.77. The highest BCUT2D eigenvalue weighted by Crippen LogP contribution is 2.28. The molecule has 17 heavy (non-hydrogen) atoms. The molecule has 0 spiro atoms. The van der Waals surface area contributed by atoms with Gasteiger partial charge in [0, 0.05) is 16.3 Å². The lowest BCUT2D eigenvalue weighted by Gasteiger charge is -1.98. The number of halogens is 1. The van der Waals surface area contributed by atoms with Gasteiger partial charge in [0.2, 0.25) is 5.78 Å². The van der Waals surface area contributed by atoms with Crippen LogP contribution in [0.25, 0.3) is 0 Å². The fraction of sp³-hybridized carbons (Fsp3) is 0.182. The molecule has 0 bridgehead atoms. The summed E-state index contributed by atoms with van der Waals surface area (Å²) in [5, 5.41) is 9.39. The van der Waals surface area contributed by atoms with E-state index < -0.39 is 0 Å². The smallest absolute Gasteiger partial charge is 0.216 e. The highest BCUT2D eigenvalue weighted by atomic mass is 35.5. The summed E-state index contributed by atoms with van der Waals surface area (Å²) in [4.78, 5) is 12.2. The van der Waals surface area contributed by atoms with Crippen LogP contribution in [0.5, 0.6) is 0 Å². The van der Waals surface area contributed by atoms with Crippen molar-refractivity contribution in [3.63, 3.8) is 0 Å². The van der Waals surface area contributed by atoms with Crippen molar-refractivity contribution in [1.82, 2.24) is 15.0 Å². The molecule has 1 aromatic carbocycles. The molecule has 86 valence electrons. The van der Waals surface area contributed by atoms with Gasteiger partial charge in [-0.2, -0.15) is 0 Å². The molecule has 1 aliphatic rings. The third kappa shape index (κ3) is 1.85. The van der Waals surface area contributed by atoms with E-state index in [2.05, 4.69) is 10.3 Å². The largest absolute Gasteiger partial charge is 0.287 e. The van der Waals surface area contributed by atoms with E-state index in [0.717, 1.165) is 17.3 Å². The molecule has 6 heteroatoms. The SMILES string of the molecule is O=C(c1ccc(Cl)cc1)c1nnn2c1SCC2. The second kappa shape index (κ2) is 4.16. The predicted molar refractivity (Wildman–Crippen MR) is 65.6 cm³/mol. The fourth-order valence-corrected chi connectivity index (χ4v) is 2.83. The summed E-state index contributed by atoms with van der Waals surface area (Å²) >= 11 is 7.41. The molecule has 0 amide bonds. The van der Waals surface area contributed by atoms with Gasteiger partial charge in [-0.15, -0.1) is 16.9 Å². The minimum Gasteiger partial charge on any atom is -0.287 e. The van der Waals surface area contributed by atoms with Gasteiger partial charge in [-0.05, 0) is 24.3 Å². The average molecular weight is 266 g/mol. The van der Waals surface area contributed by atoms with Crippen molar-refractivity contribution in [2.75, 3.05) is 5.75 Å². The van der Waals surface area contributed by atoms with Crippen LogP contribution in [-0.2, 0) is 6.54 Å². The number of ketones is 1. The number of thioether (sulfide) groups is 1. The van der Waals surface area contributed by atoms with Crippen LogP contribution < -0.4 is 0 Å². The zero-order valence-corrected chi connectivity index (χ0v) is 10.3. The van der Waals surface area contributed by atoms with Crippen molar-refractivity contribution in [2.45, 2.75) is 11.6 Å². The first kappa shape index (κ1) is 10.8. The molecule has 1 aromatic heterocycles. The van der Waals surface area contributed by atoms with Crippen molar-refractivity contribution >= 4 is 29.1 Å². The standard InChI is InChI=1S/C11H8ClN3OS/c12-8-3-1-7(2-4-8)10(16)9-11-15(14-13-9)5-6-17-11/h1-4H,5-6H2. The predicted octanol–water partition coefficient (Wildman–Crippen LogP) is 2.27. The van der Waals surface area contributed by atoms with Gasteiger partial charge in [0.25, 0.3) is 0 Å². The van der Waals surface area contributed by atoms with E-state index in [1.807, 2.05) is 0 Å². The Kier molecular flexibility index (Phi) is 2.64. The second-order valence-corrected chi connectivity index (χ2v) is 5.17. The average Bonchev–Trinajstić information content (AvgIpc) is 2.90. The maximum atomic E-state index is 12.2. The van der Waals surface area contributed by atoms with Crippen LogP contribution in [0.4, 0.5) is 0 Å². The van der Waals surface area contributed by atoms with Gasteiger partial charge >= 0.3 is 0 Å². The Labute approximate surface area is 107 Å². The van der Waals surface area contributed by atoms with Gasteiger partial charge in [0.1, 0.15) is 5.03 Å². The van der Waals surface area contributed by atoms with E-state index in [1.165, 1.54) is 0 Å². The van der Waals surface area contributed by atoms with Crippen LogP contribution in [0.1, 0.15) is 16.1 Å². The number of hydrogen-bond donors (Lipinski definition) is 0. The van der Waals surface area contributed by atoms with Crippen molar-refractivity contribution in [3.8, 4) is 0 Å². The molecular weight excluding hydrogens is 258 g/mol. The number of carbonyl (C=O) groups excluding carboxylic acids is 1. The van der Waals surface area contributed by atoms with E-state index in [4.69, 9.17) is 11.6 Å². The van der Waals surface area contributed by atoms with Gasteiger partial charge in [0.15, 0.2) is 5.69 Å². The molecule has 0 saturated heterocycles. The topological polar surface area (TPSA) is 47.8 Å². The Morgan fingerprint density at radius 3 is 2.88 bits per heavy atom. The van der Waals surface area contributed by atoms with Crippen LogP contribution >= 0.6 is 23.4 Å². The van der Waals surface area contributed by atoms with Gasteiger partial charge in [-0.25, -0.2) is 4.68 Å². The summed E-state index contributed by atoms with van der Waals surface area (Å²) in [6, 6.07) is 6.81. The van der Waals surface area contributed by atoms with Crippen molar-refractivity contribution in [2.24, 2.45) is 0 Å². The maximum Gasteiger partial charge on any atom is 0.216 e. The molecule has 0 fully saturated rings. The summed E-state index contributed by atoms with van der Waals surface area (Å²) in [6.07, 6.45) is 0. The van der Waals surface area contributed by atoms with Crippen LogP contribution in [-0.4, -0.2) is 26.5 Å². The molecule has 2 heterocycles. The van der Waals surface area contributed by atoms with E-state index in [0.29, 0.717) is 16.3 Å². The number of benzene rings is 1. The van der Waals surface area contributed by atoms with Crippen molar-refractivity contribution < 1.29 is 4.79 Å². The summed E-state index contributed by atoms with van der Waals surface area (Å²) in [6.45, 7) is 0.820. The minimum absolute atomic E-state index is 0.0997. The Balaban J connectivity index is 1.99. The summed E-state index contributed by atoms with van der Waals surface area (Å²) in [7, 11) is 0. The first-order valence-corrected chi connectivity index (χ1v) is 6.48. The van der Waals surface area contributed by atoms with E-state index in [1.54, 1.807) is 40.7 Å².